The van der Waals surface area contributed by atoms with Crippen molar-refractivity contribution in [2.24, 2.45) is 0 Å². The molecule has 0 fully saturated rings. The molecule has 0 amide bonds. The summed E-state index contributed by atoms with van der Waals surface area (Å²) in [5.41, 5.74) is 1.11. The summed E-state index contributed by atoms with van der Waals surface area (Å²) in [6.45, 7) is 0. The van der Waals surface area contributed by atoms with E-state index in [1.54, 1.807) is 35.0 Å². The molecule has 0 N–H and O–H groups in total. The maximum absolute atomic E-state index is 12.7. The quantitative estimate of drug-likeness (QED) is 0.691. The van der Waals surface area contributed by atoms with Gasteiger partial charge >= 0.3 is 6.18 Å². The molecule has 3 nitrogen and oxygen atoms in total. The zero-order valence-corrected chi connectivity index (χ0v) is 11.3. The lowest BCUT2D eigenvalue weighted by molar-refractivity contribution is -0.137. The van der Waals surface area contributed by atoms with Gasteiger partial charge in [0.2, 0.25) is 0 Å². The van der Waals surface area contributed by atoms with Crippen molar-refractivity contribution >= 4 is 11.8 Å². The van der Waals surface area contributed by atoms with Gasteiger partial charge in [0.15, 0.2) is 0 Å². The van der Waals surface area contributed by atoms with Crippen LogP contribution in [0.3, 0.4) is 0 Å². The molecule has 0 spiro atoms. The fourth-order valence-electron chi connectivity index (χ4n) is 2.32. The Hall–Kier alpha value is -2.63. The van der Waals surface area contributed by atoms with Crippen molar-refractivity contribution in [2.75, 3.05) is 0 Å². The van der Waals surface area contributed by atoms with Gasteiger partial charge in [-0.05, 0) is 23.8 Å². The number of pyridine rings is 1. The van der Waals surface area contributed by atoms with Crippen LogP contribution in [0.4, 0.5) is 13.2 Å². The van der Waals surface area contributed by atoms with Crippen LogP contribution >= 0.6 is 0 Å². The molecule has 0 radical (unpaired) electrons. The minimum Gasteiger partial charge on any atom is -0.303 e. The van der Waals surface area contributed by atoms with E-state index in [-0.39, 0.29) is 6.42 Å². The highest BCUT2D eigenvalue weighted by atomic mass is 19.4. The molecule has 6 heteroatoms. The van der Waals surface area contributed by atoms with Crippen molar-refractivity contribution in [3.63, 3.8) is 0 Å². The first-order chi connectivity index (χ1) is 10.5. The molecule has 0 aliphatic rings. The smallest absolute Gasteiger partial charge is 0.303 e. The number of hydrogen-bond donors (Lipinski definition) is 0. The Labute approximate surface area is 124 Å². The van der Waals surface area contributed by atoms with Crippen LogP contribution in [-0.2, 0) is 12.6 Å². The zero-order chi connectivity index (χ0) is 15.7. The Morgan fingerprint density at radius 1 is 1.18 bits per heavy atom. The predicted molar refractivity (Wildman–Crippen MR) is 74.8 cm³/mol. The first kappa shape index (κ1) is 14.3. The van der Waals surface area contributed by atoms with Crippen LogP contribution in [0.15, 0.2) is 48.8 Å². The van der Waals surface area contributed by atoms with Gasteiger partial charge in [-0.3, -0.25) is 4.79 Å². The molecular weight excluding hydrogens is 293 g/mol. The van der Waals surface area contributed by atoms with Gasteiger partial charge in [-0.2, -0.15) is 13.2 Å². The highest BCUT2D eigenvalue weighted by Crippen LogP contribution is 2.30. The van der Waals surface area contributed by atoms with Crippen LogP contribution in [0.1, 0.15) is 27.3 Å². The van der Waals surface area contributed by atoms with E-state index in [0.717, 1.165) is 23.9 Å². The molecule has 1 aromatic carbocycles. The van der Waals surface area contributed by atoms with Gasteiger partial charge in [0.25, 0.3) is 0 Å². The number of halogens is 3. The fourth-order valence-corrected chi connectivity index (χ4v) is 2.32. The van der Waals surface area contributed by atoms with E-state index in [0.29, 0.717) is 17.0 Å². The lowest BCUT2D eigenvalue weighted by Gasteiger charge is -2.08. The minimum atomic E-state index is -4.36. The van der Waals surface area contributed by atoms with Crippen molar-refractivity contribution in [2.45, 2.75) is 12.6 Å². The van der Waals surface area contributed by atoms with Crippen molar-refractivity contribution in [3.05, 3.63) is 71.3 Å². The van der Waals surface area contributed by atoms with Crippen LogP contribution in [-0.4, -0.2) is 15.7 Å². The Kier molecular flexibility index (Phi) is 3.44. The third kappa shape index (κ3) is 2.72. The molecule has 0 aliphatic heterocycles. The maximum atomic E-state index is 12.7. The summed E-state index contributed by atoms with van der Waals surface area (Å²) in [6.07, 6.45) is -0.0630. The Balaban J connectivity index is 1.95. The summed E-state index contributed by atoms with van der Waals surface area (Å²) in [5, 5.41) is 0. The molecule has 3 rings (SSSR count). The molecule has 0 atom stereocenters. The average Bonchev–Trinajstić information content (AvgIpc) is 2.89. The van der Waals surface area contributed by atoms with Crippen LogP contribution in [0.25, 0.3) is 5.52 Å². The number of carbonyl (C=O) groups is 1. The van der Waals surface area contributed by atoms with Gasteiger partial charge in [0.1, 0.15) is 12.1 Å². The number of rotatable bonds is 3. The molecule has 0 unspecified atom stereocenters. The van der Waals surface area contributed by atoms with Gasteiger partial charge in [-0.15, -0.1) is 0 Å². The van der Waals surface area contributed by atoms with Crippen molar-refractivity contribution in [1.29, 1.82) is 0 Å². The second-order valence-electron chi connectivity index (χ2n) is 4.92. The molecule has 22 heavy (non-hydrogen) atoms. The summed E-state index contributed by atoms with van der Waals surface area (Å²) < 4.78 is 39.9. The Morgan fingerprint density at radius 2 is 2.00 bits per heavy atom. The topological polar surface area (TPSA) is 34.4 Å². The molecule has 2 aromatic heterocycles. The highest BCUT2D eigenvalue weighted by molar-refractivity contribution is 5.77. The summed E-state index contributed by atoms with van der Waals surface area (Å²) in [5.74, 6) is 0.617. The number of nitrogens with zero attached hydrogens (tertiary/aromatic N) is 2. The molecule has 0 aliphatic carbocycles. The third-order valence-corrected chi connectivity index (χ3v) is 3.39. The summed E-state index contributed by atoms with van der Waals surface area (Å²) in [4.78, 5) is 15.0. The van der Waals surface area contributed by atoms with Gasteiger partial charge in [0, 0.05) is 18.2 Å². The number of benzene rings is 1. The van der Waals surface area contributed by atoms with E-state index >= 15 is 0 Å². The molecule has 2 heterocycles. The molecule has 3 aromatic rings. The lowest BCUT2D eigenvalue weighted by atomic mass is 10.1. The molecule has 112 valence electrons. The van der Waals surface area contributed by atoms with Crippen LogP contribution in [0.5, 0.6) is 0 Å². The second kappa shape index (κ2) is 5.29. The second-order valence-corrected chi connectivity index (χ2v) is 4.92. The van der Waals surface area contributed by atoms with Crippen LogP contribution in [0, 0.1) is 0 Å². The Bertz CT molecular complexity index is 837. The van der Waals surface area contributed by atoms with E-state index < -0.39 is 11.7 Å². The average molecular weight is 304 g/mol. The van der Waals surface area contributed by atoms with E-state index in [2.05, 4.69) is 4.98 Å². The monoisotopic (exact) mass is 304 g/mol. The SMILES string of the molecule is O=Cc1ccn2c(Cc3cccc(C(F)(F)F)c3)ncc2c1. The van der Waals surface area contributed by atoms with Gasteiger partial charge in [-0.1, -0.05) is 18.2 Å². The first-order valence-electron chi connectivity index (χ1n) is 6.55. The number of aldehydes is 1. The standard InChI is InChI=1S/C16H11F3N2O/c17-16(18,19)13-3-1-2-11(6-13)8-15-20-9-14-7-12(10-22)4-5-21(14)15/h1-7,9-10H,8H2. The summed E-state index contributed by atoms with van der Waals surface area (Å²) in [7, 11) is 0. The number of hydrogen-bond acceptors (Lipinski definition) is 2. The highest BCUT2D eigenvalue weighted by Gasteiger charge is 2.30. The summed E-state index contributed by atoms with van der Waals surface area (Å²) >= 11 is 0. The van der Waals surface area contributed by atoms with Gasteiger partial charge in [-0.25, -0.2) is 4.98 Å². The van der Waals surface area contributed by atoms with Gasteiger partial charge in [0.05, 0.1) is 17.3 Å². The largest absolute Gasteiger partial charge is 0.416 e. The van der Waals surface area contributed by atoms with E-state index in [4.69, 9.17) is 0 Å². The number of carbonyl (C=O) groups excluding carboxylic acids is 1. The van der Waals surface area contributed by atoms with Crippen molar-refractivity contribution in [3.8, 4) is 0 Å². The molecule has 0 saturated heterocycles. The normalized spacial score (nSPS) is 11.8. The van der Waals surface area contributed by atoms with E-state index in [1.165, 1.54) is 6.07 Å². The zero-order valence-electron chi connectivity index (χ0n) is 11.3. The number of imidazole rings is 1. The van der Waals surface area contributed by atoms with E-state index in [9.17, 15) is 18.0 Å². The van der Waals surface area contributed by atoms with Crippen molar-refractivity contribution in [1.82, 2.24) is 9.38 Å². The lowest BCUT2D eigenvalue weighted by Crippen LogP contribution is -2.06. The molecule has 0 bridgehead atoms. The number of aromatic nitrogens is 2. The molecule has 0 saturated carbocycles. The van der Waals surface area contributed by atoms with Crippen molar-refractivity contribution < 1.29 is 18.0 Å². The van der Waals surface area contributed by atoms with Gasteiger partial charge < -0.3 is 4.40 Å². The number of alkyl halides is 3. The number of fused-ring (bicyclic) bond motifs is 1. The predicted octanol–water partition coefficient (Wildman–Crippen LogP) is 3.76. The van der Waals surface area contributed by atoms with E-state index in [1.807, 2.05) is 0 Å². The maximum Gasteiger partial charge on any atom is 0.416 e. The summed E-state index contributed by atoms with van der Waals surface area (Å²) in [6, 6.07) is 8.51. The van der Waals surface area contributed by atoms with Crippen LogP contribution < -0.4 is 0 Å². The fraction of sp³-hybridized carbons (Fsp3) is 0.125. The molecular formula is C16H11F3N2O. The Morgan fingerprint density at radius 3 is 2.73 bits per heavy atom. The first-order valence-corrected chi connectivity index (χ1v) is 6.55. The third-order valence-electron chi connectivity index (χ3n) is 3.39. The minimum absolute atomic E-state index is 0.276. The van der Waals surface area contributed by atoms with Crippen LogP contribution in [0.2, 0.25) is 0 Å².